The lowest BCUT2D eigenvalue weighted by atomic mass is 10.3. The van der Waals surface area contributed by atoms with Gasteiger partial charge in [0.1, 0.15) is 12.0 Å². The van der Waals surface area contributed by atoms with Crippen LogP contribution in [0.15, 0.2) is 41.3 Å². The number of nitrogens with zero attached hydrogens (tertiary/aromatic N) is 3. The van der Waals surface area contributed by atoms with Gasteiger partial charge in [0, 0.05) is 29.4 Å². The van der Waals surface area contributed by atoms with Crippen LogP contribution >= 0.6 is 15.9 Å². The fourth-order valence-electron chi connectivity index (χ4n) is 2.28. The van der Waals surface area contributed by atoms with Crippen molar-refractivity contribution in [1.82, 2.24) is 14.5 Å². The summed E-state index contributed by atoms with van der Waals surface area (Å²) in [6.07, 6.45) is 3.57. The lowest BCUT2D eigenvalue weighted by molar-refractivity contribution is 0.0759. The van der Waals surface area contributed by atoms with Gasteiger partial charge in [-0.25, -0.2) is 4.98 Å². The molecule has 0 bridgehead atoms. The number of imidazole rings is 1. The molecule has 5 nitrogen and oxygen atoms in total. The predicted octanol–water partition coefficient (Wildman–Crippen LogP) is 1.84. The molecule has 1 aliphatic rings. The van der Waals surface area contributed by atoms with Crippen LogP contribution in [0.2, 0.25) is 0 Å². The summed E-state index contributed by atoms with van der Waals surface area (Å²) in [5.74, 6) is -0.127. The minimum absolute atomic E-state index is 0.127. The molecule has 6 heteroatoms. The molecule has 1 atom stereocenters. The molecule has 1 aromatic carbocycles. The number of likely N-dealkylation sites (tertiary alicyclic amines) is 1. The standard InChI is InChI=1S/C14H14BrN3O2/c15-10-1-3-11(4-2-10)18-8-13(16-9-18)14(20)17-6-5-12(19)7-17/h1-4,8-9,12,19H,5-7H2/t12-/m1/s1. The molecule has 1 amide bonds. The van der Waals surface area contributed by atoms with Crippen molar-refractivity contribution in [2.45, 2.75) is 12.5 Å². The first-order valence-electron chi connectivity index (χ1n) is 6.41. The number of benzene rings is 1. The molecule has 1 aliphatic heterocycles. The Morgan fingerprint density at radius 2 is 2.10 bits per heavy atom. The molecule has 0 saturated carbocycles. The van der Waals surface area contributed by atoms with E-state index in [4.69, 9.17) is 0 Å². The van der Waals surface area contributed by atoms with E-state index in [1.54, 1.807) is 17.4 Å². The molecule has 1 fully saturated rings. The van der Waals surface area contributed by atoms with Crippen LogP contribution in [0.25, 0.3) is 5.69 Å². The van der Waals surface area contributed by atoms with Gasteiger partial charge in [0.2, 0.25) is 0 Å². The molecule has 1 aromatic heterocycles. The van der Waals surface area contributed by atoms with Gasteiger partial charge in [0.15, 0.2) is 0 Å². The normalized spacial score (nSPS) is 18.5. The van der Waals surface area contributed by atoms with Gasteiger partial charge in [-0.05, 0) is 30.7 Å². The number of halogens is 1. The van der Waals surface area contributed by atoms with Gasteiger partial charge in [-0.1, -0.05) is 15.9 Å². The molecule has 0 unspecified atom stereocenters. The van der Waals surface area contributed by atoms with Crippen molar-refractivity contribution in [3.05, 3.63) is 47.0 Å². The van der Waals surface area contributed by atoms with E-state index in [2.05, 4.69) is 20.9 Å². The minimum atomic E-state index is -0.410. The highest BCUT2D eigenvalue weighted by Crippen LogP contribution is 2.16. The highest BCUT2D eigenvalue weighted by Gasteiger charge is 2.26. The Morgan fingerprint density at radius 3 is 2.75 bits per heavy atom. The highest BCUT2D eigenvalue weighted by molar-refractivity contribution is 9.10. The number of aromatic nitrogens is 2. The van der Waals surface area contributed by atoms with E-state index in [1.807, 2.05) is 28.8 Å². The van der Waals surface area contributed by atoms with Crippen molar-refractivity contribution in [2.75, 3.05) is 13.1 Å². The third-order valence-corrected chi connectivity index (χ3v) is 3.91. The summed E-state index contributed by atoms with van der Waals surface area (Å²) in [6.45, 7) is 0.981. The second-order valence-corrected chi connectivity index (χ2v) is 5.75. The molecule has 1 saturated heterocycles. The van der Waals surface area contributed by atoms with Crippen LogP contribution < -0.4 is 0 Å². The minimum Gasteiger partial charge on any atom is -0.391 e. The van der Waals surface area contributed by atoms with Crippen LogP contribution in [-0.4, -0.2) is 44.7 Å². The summed E-state index contributed by atoms with van der Waals surface area (Å²) >= 11 is 3.39. The van der Waals surface area contributed by atoms with Crippen LogP contribution in [0, 0.1) is 0 Å². The largest absolute Gasteiger partial charge is 0.391 e. The maximum atomic E-state index is 12.2. The fourth-order valence-corrected chi connectivity index (χ4v) is 2.54. The number of hydrogen-bond acceptors (Lipinski definition) is 3. The second-order valence-electron chi connectivity index (χ2n) is 4.84. The highest BCUT2D eigenvalue weighted by atomic mass is 79.9. The van der Waals surface area contributed by atoms with Gasteiger partial charge >= 0.3 is 0 Å². The maximum Gasteiger partial charge on any atom is 0.274 e. The van der Waals surface area contributed by atoms with Gasteiger partial charge in [-0.2, -0.15) is 0 Å². The first-order chi connectivity index (χ1) is 9.63. The summed E-state index contributed by atoms with van der Waals surface area (Å²) in [6, 6.07) is 7.76. The number of β-amino-alcohol motifs (C(OH)–C–C–N with tert-alkyl or cyclic N) is 1. The molecule has 1 N–H and O–H groups in total. The molecule has 2 heterocycles. The molecule has 0 spiro atoms. The maximum absolute atomic E-state index is 12.2. The fraction of sp³-hybridized carbons (Fsp3) is 0.286. The number of carbonyl (C=O) groups is 1. The summed E-state index contributed by atoms with van der Waals surface area (Å²) in [5, 5.41) is 9.48. The van der Waals surface area contributed by atoms with Gasteiger partial charge in [-0.15, -0.1) is 0 Å². The number of rotatable bonds is 2. The molecule has 0 radical (unpaired) electrons. The van der Waals surface area contributed by atoms with E-state index in [-0.39, 0.29) is 5.91 Å². The summed E-state index contributed by atoms with van der Waals surface area (Å²) < 4.78 is 2.82. The Kier molecular flexibility index (Phi) is 3.58. The van der Waals surface area contributed by atoms with Crippen LogP contribution in [0.1, 0.15) is 16.9 Å². The van der Waals surface area contributed by atoms with Gasteiger partial charge in [-0.3, -0.25) is 4.79 Å². The van der Waals surface area contributed by atoms with Gasteiger partial charge < -0.3 is 14.6 Å². The Balaban J connectivity index is 1.79. The van der Waals surface area contributed by atoms with Crippen molar-refractivity contribution < 1.29 is 9.90 Å². The Bertz CT molecular complexity index is 624. The molecule has 0 aliphatic carbocycles. The third kappa shape index (κ3) is 2.62. The van der Waals surface area contributed by atoms with Gasteiger partial charge in [0.05, 0.1) is 6.10 Å². The third-order valence-electron chi connectivity index (χ3n) is 3.38. The average molecular weight is 336 g/mol. The molecule has 3 rings (SSSR count). The zero-order valence-corrected chi connectivity index (χ0v) is 12.3. The van der Waals surface area contributed by atoms with E-state index in [1.165, 1.54) is 0 Å². The molecule has 104 valence electrons. The van der Waals surface area contributed by atoms with Gasteiger partial charge in [0.25, 0.3) is 5.91 Å². The number of aliphatic hydroxyl groups excluding tert-OH is 1. The lowest BCUT2D eigenvalue weighted by Gasteiger charge is -2.13. The molecular weight excluding hydrogens is 322 g/mol. The Labute approximate surface area is 125 Å². The number of amides is 1. The summed E-state index contributed by atoms with van der Waals surface area (Å²) in [5.41, 5.74) is 1.35. The van der Waals surface area contributed by atoms with Crippen molar-refractivity contribution >= 4 is 21.8 Å². The van der Waals surface area contributed by atoms with E-state index < -0.39 is 6.10 Å². The predicted molar refractivity (Wildman–Crippen MR) is 77.8 cm³/mol. The number of aliphatic hydroxyl groups is 1. The van der Waals surface area contributed by atoms with Crippen molar-refractivity contribution in [2.24, 2.45) is 0 Å². The number of hydrogen-bond donors (Lipinski definition) is 1. The van der Waals surface area contributed by atoms with Crippen LogP contribution in [0.5, 0.6) is 0 Å². The Hall–Kier alpha value is -1.66. The molecule has 2 aromatic rings. The van der Waals surface area contributed by atoms with E-state index in [9.17, 15) is 9.90 Å². The number of carbonyl (C=O) groups excluding carboxylic acids is 1. The first-order valence-corrected chi connectivity index (χ1v) is 7.20. The molecular formula is C14H14BrN3O2. The second kappa shape index (κ2) is 5.38. The van der Waals surface area contributed by atoms with E-state index in [0.717, 1.165) is 10.2 Å². The van der Waals surface area contributed by atoms with Crippen molar-refractivity contribution in [3.63, 3.8) is 0 Å². The zero-order valence-electron chi connectivity index (χ0n) is 10.7. The van der Waals surface area contributed by atoms with Crippen molar-refractivity contribution in [3.8, 4) is 5.69 Å². The first kappa shape index (κ1) is 13.3. The van der Waals surface area contributed by atoms with Crippen molar-refractivity contribution in [1.29, 1.82) is 0 Å². The van der Waals surface area contributed by atoms with E-state index >= 15 is 0 Å². The Morgan fingerprint density at radius 1 is 1.35 bits per heavy atom. The molecule has 20 heavy (non-hydrogen) atoms. The van der Waals surface area contributed by atoms with Crippen LogP contribution in [-0.2, 0) is 0 Å². The zero-order chi connectivity index (χ0) is 14.1. The monoisotopic (exact) mass is 335 g/mol. The lowest BCUT2D eigenvalue weighted by Crippen LogP contribution is -2.29. The smallest absolute Gasteiger partial charge is 0.274 e. The summed E-state index contributed by atoms with van der Waals surface area (Å²) in [4.78, 5) is 18.0. The topological polar surface area (TPSA) is 58.4 Å². The summed E-state index contributed by atoms with van der Waals surface area (Å²) in [7, 11) is 0. The van der Waals surface area contributed by atoms with Crippen LogP contribution in [0.3, 0.4) is 0 Å². The van der Waals surface area contributed by atoms with Crippen LogP contribution in [0.4, 0.5) is 0 Å². The SMILES string of the molecule is O=C(c1cn(-c2ccc(Br)cc2)cn1)N1CC[C@@H](O)C1. The van der Waals surface area contributed by atoms with E-state index in [0.29, 0.717) is 25.2 Å². The average Bonchev–Trinajstić information content (AvgIpc) is 3.08. The quantitative estimate of drug-likeness (QED) is 0.911.